The highest BCUT2D eigenvalue weighted by molar-refractivity contribution is 7.91. The Morgan fingerprint density at radius 1 is 1.28 bits per heavy atom. The summed E-state index contributed by atoms with van der Waals surface area (Å²) < 4.78 is 27.9. The number of nitrogens with zero attached hydrogens (tertiary/aromatic N) is 2. The van der Waals surface area contributed by atoms with E-state index < -0.39 is 9.84 Å². The van der Waals surface area contributed by atoms with Gasteiger partial charge in [0.25, 0.3) is 0 Å². The number of Topliss-reactive ketones (excluding diaryl/α,β-unsaturated/α-hetero) is 1. The summed E-state index contributed by atoms with van der Waals surface area (Å²) in [7, 11) is -2.95. The SMILES string of the molecule is O=C1CCCC1c1nc(C2CCS(=O)(=O)C2)no1. The van der Waals surface area contributed by atoms with Crippen LogP contribution in [0.4, 0.5) is 0 Å². The molecular formula is C11H14N2O4S. The second kappa shape index (κ2) is 4.15. The highest BCUT2D eigenvalue weighted by Gasteiger charge is 2.35. The second-order valence-corrected chi connectivity index (χ2v) is 7.23. The molecule has 2 heterocycles. The highest BCUT2D eigenvalue weighted by atomic mass is 32.2. The van der Waals surface area contributed by atoms with Crippen LogP contribution in [0.2, 0.25) is 0 Å². The van der Waals surface area contributed by atoms with Crippen molar-refractivity contribution in [3.8, 4) is 0 Å². The standard InChI is InChI=1S/C11H14N2O4S/c14-9-3-1-2-8(9)11-12-10(13-17-11)7-4-5-18(15,16)6-7/h7-8H,1-6H2. The monoisotopic (exact) mass is 270 g/mol. The minimum absolute atomic E-state index is 0.0879. The van der Waals surface area contributed by atoms with Crippen LogP contribution in [0.3, 0.4) is 0 Å². The van der Waals surface area contributed by atoms with Gasteiger partial charge in [0.05, 0.1) is 17.4 Å². The van der Waals surface area contributed by atoms with E-state index in [4.69, 9.17) is 4.52 Å². The van der Waals surface area contributed by atoms with Crippen LogP contribution in [-0.4, -0.2) is 35.8 Å². The van der Waals surface area contributed by atoms with E-state index in [1.165, 1.54) is 0 Å². The first-order chi connectivity index (χ1) is 8.55. The Bertz CT molecular complexity index is 578. The van der Waals surface area contributed by atoms with E-state index in [9.17, 15) is 13.2 Å². The van der Waals surface area contributed by atoms with Crippen LogP contribution in [-0.2, 0) is 14.6 Å². The van der Waals surface area contributed by atoms with Gasteiger partial charge in [-0.25, -0.2) is 8.42 Å². The fraction of sp³-hybridized carbons (Fsp3) is 0.727. The Balaban J connectivity index is 1.80. The zero-order valence-corrected chi connectivity index (χ0v) is 10.6. The van der Waals surface area contributed by atoms with Crippen molar-refractivity contribution in [2.45, 2.75) is 37.5 Å². The lowest BCUT2D eigenvalue weighted by molar-refractivity contribution is -0.119. The number of aromatic nitrogens is 2. The smallest absolute Gasteiger partial charge is 0.237 e. The second-order valence-electron chi connectivity index (χ2n) is 5.00. The third kappa shape index (κ3) is 2.07. The Labute approximate surface area is 105 Å². The van der Waals surface area contributed by atoms with E-state index in [-0.39, 0.29) is 29.1 Å². The van der Waals surface area contributed by atoms with Gasteiger partial charge in [0, 0.05) is 12.3 Å². The van der Waals surface area contributed by atoms with Crippen LogP contribution in [0.15, 0.2) is 4.52 Å². The predicted octanol–water partition coefficient (Wildman–Crippen LogP) is 0.808. The summed E-state index contributed by atoms with van der Waals surface area (Å²) in [5.41, 5.74) is 0. The van der Waals surface area contributed by atoms with Gasteiger partial charge in [-0.05, 0) is 19.3 Å². The van der Waals surface area contributed by atoms with E-state index in [1.807, 2.05) is 0 Å². The molecule has 98 valence electrons. The van der Waals surface area contributed by atoms with Crippen molar-refractivity contribution in [3.63, 3.8) is 0 Å². The number of carbonyl (C=O) groups excluding carboxylic acids is 1. The molecule has 3 rings (SSSR count). The summed E-state index contributed by atoms with van der Waals surface area (Å²) in [5.74, 6) is 0.758. The topological polar surface area (TPSA) is 90.1 Å². The minimum atomic E-state index is -2.95. The van der Waals surface area contributed by atoms with Crippen molar-refractivity contribution in [1.29, 1.82) is 0 Å². The molecule has 2 fully saturated rings. The molecule has 18 heavy (non-hydrogen) atoms. The van der Waals surface area contributed by atoms with Crippen molar-refractivity contribution in [2.75, 3.05) is 11.5 Å². The van der Waals surface area contributed by atoms with E-state index >= 15 is 0 Å². The molecule has 0 spiro atoms. The van der Waals surface area contributed by atoms with E-state index in [1.54, 1.807) is 0 Å². The fourth-order valence-electron chi connectivity index (χ4n) is 2.63. The zero-order chi connectivity index (χ0) is 12.8. The molecular weight excluding hydrogens is 256 g/mol. The molecule has 1 aromatic rings. The van der Waals surface area contributed by atoms with Gasteiger partial charge in [-0.1, -0.05) is 5.16 Å². The molecule has 1 saturated heterocycles. The zero-order valence-electron chi connectivity index (χ0n) is 9.83. The van der Waals surface area contributed by atoms with Crippen LogP contribution >= 0.6 is 0 Å². The number of ketones is 1. The molecule has 0 aromatic carbocycles. The lowest BCUT2D eigenvalue weighted by Gasteiger charge is -2.00. The Hall–Kier alpha value is -1.24. The first-order valence-electron chi connectivity index (χ1n) is 6.12. The van der Waals surface area contributed by atoms with Crippen LogP contribution in [0.25, 0.3) is 0 Å². The van der Waals surface area contributed by atoms with Crippen LogP contribution < -0.4 is 0 Å². The minimum Gasteiger partial charge on any atom is -0.339 e. The lowest BCUT2D eigenvalue weighted by atomic mass is 10.1. The average Bonchev–Trinajstić information content (AvgIpc) is 2.97. The molecule has 2 atom stereocenters. The Morgan fingerprint density at radius 3 is 2.72 bits per heavy atom. The van der Waals surface area contributed by atoms with Crippen LogP contribution in [0, 0.1) is 0 Å². The normalized spacial score (nSPS) is 31.0. The van der Waals surface area contributed by atoms with Crippen molar-refractivity contribution in [1.82, 2.24) is 10.1 Å². The third-order valence-electron chi connectivity index (χ3n) is 3.66. The first kappa shape index (κ1) is 11.8. The summed E-state index contributed by atoms with van der Waals surface area (Å²) in [6, 6.07) is 0. The maximum atomic E-state index is 11.6. The van der Waals surface area contributed by atoms with Gasteiger partial charge in [0.15, 0.2) is 15.7 Å². The van der Waals surface area contributed by atoms with Gasteiger partial charge in [0.2, 0.25) is 5.89 Å². The molecule has 1 aromatic heterocycles. The predicted molar refractivity (Wildman–Crippen MR) is 61.9 cm³/mol. The summed E-state index contributed by atoms with van der Waals surface area (Å²) >= 11 is 0. The van der Waals surface area contributed by atoms with E-state index in [0.29, 0.717) is 24.6 Å². The summed E-state index contributed by atoms with van der Waals surface area (Å²) in [5, 5.41) is 3.84. The first-order valence-corrected chi connectivity index (χ1v) is 7.94. The maximum absolute atomic E-state index is 11.6. The van der Waals surface area contributed by atoms with E-state index in [0.717, 1.165) is 12.8 Å². The summed E-state index contributed by atoms with van der Waals surface area (Å²) in [6.07, 6.45) is 2.72. The van der Waals surface area contributed by atoms with Gasteiger partial charge >= 0.3 is 0 Å². The summed E-state index contributed by atoms with van der Waals surface area (Å²) in [4.78, 5) is 15.8. The van der Waals surface area contributed by atoms with Gasteiger partial charge in [-0.15, -0.1) is 0 Å². The summed E-state index contributed by atoms with van der Waals surface area (Å²) in [6.45, 7) is 0. The fourth-order valence-corrected chi connectivity index (χ4v) is 4.37. The molecule has 0 bridgehead atoms. The number of rotatable bonds is 2. The molecule has 2 aliphatic rings. The van der Waals surface area contributed by atoms with Gasteiger partial charge in [0.1, 0.15) is 5.78 Å². The quantitative estimate of drug-likeness (QED) is 0.789. The lowest BCUT2D eigenvalue weighted by Crippen LogP contribution is -2.07. The Morgan fingerprint density at radius 2 is 2.11 bits per heavy atom. The van der Waals surface area contributed by atoms with Crippen molar-refractivity contribution < 1.29 is 17.7 Å². The molecule has 7 heteroatoms. The maximum Gasteiger partial charge on any atom is 0.237 e. The van der Waals surface area contributed by atoms with Gasteiger partial charge in [-0.2, -0.15) is 4.98 Å². The number of hydrogen-bond donors (Lipinski definition) is 0. The van der Waals surface area contributed by atoms with Crippen molar-refractivity contribution in [2.24, 2.45) is 0 Å². The van der Waals surface area contributed by atoms with Crippen LogP contribution in [0.1, 0.15) is 49.2 Å². The van der Waals surface area contributed by atoms with Crippen molar-refractivity contribution in [3.05, 3.63) is 11.7 Å². The number of carbonyl (C=O) groups is 1. The van der Waals surface area contributed by atoms with Crippen molar-refractivity contribution >= 4 is 15.6 Å². The molecule has 0 radical (unpaired) electrons. The molecule has 1 aliphatic heterocycles. The Kier molecular flexibility index (Phi) is 2.73. The molecule has 0 N–H and O–H groups in total. The average molecular weight is 270 g/mol. The third-order valence-corrected chi connectivity index (χ3v) is 5.43. The van der Waals surface area contributed by atoms with Gasteiger partial charge < -0.3 is 4.52 Å². The molecule has 2 unspecified atom stereocenters. The highest BCUT2D eigenvalue weighted by Crippen LogP contribution is 2.32. The number of hydrogen-bond acceptors (Lipinski definition) is 6. The largest absolute Gasteiger partial charge is 0.339 e. The molecule has 1 saturated carbocycles. The number of sulfone groups is 1. The van der Waals surface area contributed by atoms with Crippen LogP contribution in [0.5, 0.6) is 0 Å². The molecule has 0 amide bonds. The molecule has 1 aliphatic carbocycles. The van der Waals surface area contributed by atoms with E-state index in [2.05, 4.69) is 10.1 Å². The molecule has 6 nitrogen and oxygen atoms in total. The van der Waals surface area contributed by atoms with Gasteiger partial charge in [-0.3, -0.25) is 4.79 Å².